The molecule has 1 aromatic heterocycles. The fourth-order valence-electron chi connectivity index (χ4n) is 5.06. The van der Waals surface area contributed by atoms with Crippen molar-refractivity contribution in [1.29, 1.82) is 0 Å². The minimum atomic E-state index is 0.0300. The van der Waals surface area contributed by atoms with Gasteiger partial charge in [0.25, 0.3) is 0 Å². The van der Waals surface area contributed by atoms with Crippen LogP contribution in [0.5, 0.6) is 11.5 Å². The highest BCUT2D eigenvalue weighted by Gasteiger charge is 2.29. The molecule has 35 heavy (non-hydrogen) atoms. The molecule has 180 valence electrons. The standard InChI is InChI=1S/C29H32N4O2/c1-19-15-23-17-27(34-4)28(35-5)18-25(23)29(32(3)30-19)22-11-13-24(14-12-22)33-20(2)16-26(31-33)21-9-7-6-8-10-21/h6-14,16-19,29-30H,15H2,1-5H3. The zero-order valence-electron chi connectivity index (χ0n) is 20.9. The Kier molecular flexibility index (Phi) is 6.32. The lowest BCUT2D eigenvalue weighted by atomic mass is 9.91. The Labute approximate surface area is 207 Å². The maximum Gasteiger partial charge on any atom is 0.161 e. The summed E-state index contributed by atoms with van der Waals surface area (Å²) in [6, 6.07) is 25.6. The van der Waals surface area contributed by atoms with Gasteiger partial charge in [-0.1, -0.05) is 42.5 Å². The summed E-state index contributed by atoms with van der Waals surface area (Å²) >= 11 is 0. The molecule has 6 nitrogen and oxygen atoms in total. The molecule has 0 saturated heterocycles. The van der Waals surface area contributed by atoms with Crippen LogP contribution in [0.15, 0.2) is 72.8 Å². The van der Waals surface area contributed by atoms with Gasteiger partial charge in [-0.2, -0.15) is 5.10 Å². The summed E-state index contributed by atoms with van der Waals surface area (Å²) in [7, 11) is 5.47. The average molecular weight is 469 g/mol. The van der Waals surface area contributed by atoms with E-state index in [2.05, 4.69) is 85.9 Å². The summed E-state index contributed by atoms with van der Waals surface area (Å²) in [5, 5.41) is 7.07. The molecule has 3 aromatic carbocycles. The van der Waals surface area contributed by atoms with Crippen molar-refractivity contribution in [1.82, 2.24) is 20.2 Å². The largest absolute Gasteiger partial charge is 0.493 e. The smallest absolute Gasteiger partial charge is 0.161 e. The Morgan fingerprint density at radius 1 is 0.914 bits per heavy atom. The van der Waals surface area contributed by atoms with Crippen molar-refractivity contribution < 1.29 is 9.47 Å². The number of nitrogens with zero attached hydrogens (tertiary/aromatic N) is 3. The predicted molar refractivity (Wildman–Crippen MR) is 139 cm³/mol. The molecule has 0 spiro atoms. The predicted octanol–water partition coefficient (Wildman–Crippen LogP) is 5.34. The molecule has 0 bridgehead atoms. The molecule has 0 radical (unpaired) electrons. The number of ether oxygens (including phenoxy) is 2. The number of hydrogen-bond donors (Lipinski definition) is 1. The molecule has 0 amide bonds. The number of hydrogen-bond acceptors (Lipinski definition) is 5. The van der Waals surface area contributed by atoms with Crippen LogP contribution in [0.3, 0.4) is 0 Å². The molecule has 0 fully saturated rings. The van der Waals surface area contributed by atoms with E-state index in [1.807, 2.05) is 22.9 Å². The van der Waals surface area contributed by atoms with E-state index in [-0.39, 0.29) is 6.04 Å². The molecule has 1 aliphatic rings. The molecule has 4 aromatic rings. The fraction of sp³-hybridized carbons (Fsp3) is 0.276. The Balaban J connectivity index is 1.52. The van der Waals surface area contributed by atoms with Crippen molar-refractivity contribution in [2.45, 2.75) is 32.4 Å². The second-order valence-electron chi connectivity index (χ2n) is 9.19. The van der Waals surface area contributed by atoms with E-state index in [0.717, 1.165) is 40.6 Å². The molecule has 0 saturated carbocycles. The van der Waals surface area contributed by atoms with Gasteiger partial charge in [0.1, 0.15) is 0 Å². The van der Waals surface area contributed by atoms with E-state index in [1.54, 1.807) is 14.2 Å². The first-order valence-electron chi connectivity index (χ1n) is 11.9. The first-order chi connectivity index (χ1) is 17.0. The van der Waals surface area contributed by atoms with Gasteiger partial charge in [0.15, 0.2) is 11.5 Å². The summed E-state index contributed by atoms with van der Waals surface area (Å²) < 4.78 is 13.2. The van der Waals surface area contributed by atoms with Gasteiger partial charge in [0.2, 0.25) is 0 Å². The number of methoxy groups -OCH3 is 2. The van der Waals surface area contributed by atoms with E-state index >= 15 is 0 Å². The highest BCUT2D eigenvalue weighted by Crippen LogP contribution is 2.39. The van der Waals surface area contributed by atoms with Gasteiger partial charge in [-0.25, -0.2) is 9.69 Å². The van der Waals surface area contributed by atoms with E-state index in [9.17, 15) is 0 Å². The van der Waals surface area contributed by atoms with Gasteiger partial charge in [0, 0.05) is 24.3 Å². The molecule has 0 aliphatic carbocycles. The maximum atomic E-state index is 5.64. The first kappa shape index (κ1) is 23.1. The summed E-state index contributed by atoms with van der Waals surface area (Å²) in [6.45, 7) is 4.29. The maximum absolute atomic E-state index is 5.64. The van der Waals surface area contributed by atoms with Crippen LogP contribution in [-0.2, 0) is 6.42 Å². The SMILES string of the molecule is COc1cc2c(cc1OC)C(c1ccc(-n3nc(-c4ccccc4)cc3C)cc1)N(C)NC(C)C2. The van der Waals surface area contributed by atoms with Gasteiger partial charge in [-0.05, 0) is 67.3 Å². The number of hydrazine groups is 1. The number of rotatable bonds is 5. The number of nitrogens with one attached hydrogen (secondary N) is 1. The highest BCUT2D eigenvalue weighted by atomic mass is 16.5. The van der Waals surface area contributed by atoms with Gasteiger partial charge >= 0.3 is 0 Å². The molecule has 6 heteroatoms. The Morgan fingerprint density at radius 3 is 2.29 bits per heavy atom. The van der Waals surface area contributed by atoms with Gasteiger partial charge in [0.05, 0.1) is 31.6 Å². The third-order valence-corrected chi connectivity index (χ3v) is 6.69. The third kappa shape index (κ3) is 4.43. The number of fused-ring (bicyclic) bond motifs is 1. The van der Waals surface area contributed by atoms with E-state index in [4.69, 9.17) is 14.6 Å². The summed E-state index contributed by atoms with van der Waals surface area (Å²) in [4.78, 5) is 0. The van der Waals surface area contributed by atoms with Gasteiger partial charge in [-0.15, -0.1) is 0 Å². The van der Waals surface area contributed by atoms with Crippen LogP contribution in [0, 0.1) is 6.92 Å². The van der Waals surface area contributed by atoms with Crippen LogP contribution in [0.1, 0.15) is 35.3 Å². The van der Waals surface area contributed by atoms with E-state index in [0.29, 0.717) is 6.04 Å². The van der Waals surface area contributed by atoms with Crippen molar-refractivity contribution in [3.63, 3.8) is 0 Å². The fourth-order valence-corrected chi connectivity index (χ4v) is 5.06. The van der Waals surface area contributed by atoms with Crippen molar-refractivity contribution in [3.05, 3.63) is 95.2 Å². The minimum Gasteiger partial charge on any atom is -0.493 e. The van der Waals surface area contributed by atoms with Crippen LogP contribution in [0.4, 0.5) is 0 Å². The minimum absolute atomic E-state index is 0.0300. The topological polar surface area (TPSA) is 51.6 Å². The number of aromatic nitrogens is 2. The average Bonchev–Trinajstić information content (AvgIpc) is 3.21. The Bertz CT molecular complexity index is 1310. The van der Waals surface area contributed by atoms with Crippen molar-refractivity contribution in [2.75, 3.05) is 21.3 Å². The number of benzene rings is 3. The van der Waals surface area contributed by atoms with Crippen molar-refractivity contribution >= 4 is 0 Å². The van der Waals surface area contributed by atoms with Crippen molar-refractivity contribution in [2.24, 2.45) is 0 Å². The molecule has 2 atom stereocenters. The van der Waals surface area contributed by atoms with Crippen LogP contribution < -0.4 is 14.9 Å². The second-order valence-corrected chi connectivity index (χ2v) is 9.19. The molecule has 2 unspecified atom stereocenters. The van der Waals surface area contributed by atoms with E-state index < -0.39 is 0 Å². The normalized spacial score (nSPS) is 18.1. The highest BCUT2D eigenvalue weighted by molar-refractivity contribution is 5.60. The van der Waals surface area contributed by atoms with Crippen LogP contribution in [0.25, 0.3) is 16.9 Å². The number of aryl methyl sites for hydroxylation is 1. The molecule has 2 heterocycles. The van der Waals surface area contributed by atoms with Crippen molar-refractivity contribution in [3.8, 4) is 28.4 Å². The van der Waals surface area contributed by atoms with Gasteiger partial charge < -0.3 is 9.47 Å². The lowest BCUT2D eigenvalue weighted by molar-refractivity contribution is 0.172. The molecule has 1 N–H and O–H groups in total. The van der Waals surface area contributed by atoms with Crippen LogP contribution in [-0.4, -0.2) is 42.1 Å². The zero-order chi connectivity index (χ0) is 24.5. The first-order valence-corrected chi connectivity index (χ1v) is 11.9. The summed E-state index contributed by atoms with van der Waals surface area (Å²) in [5.74, 6) is 1.51. The Morgan fingerprint density at radius 2 is 1.60 bits per heavy atom. The molecule has 5 rings (SSSR count). The molecule has 1 aliphatic heterocycles. The zero-order valence-corrected chi connectivity index (χ0v) is 20.9. The Hall–Kier alpha value is -3.61. The summed E-state index contributed by atoms with van der Waals surface area (Å²) in [6.07, 6.45) is 0.906. The monoisotopic (exact) mass is 468 g/mol. The lowest BCUT2D eigenvalue weighted by Gasteiger charge is -2.29. The third-order valence-electron chi connectivity index (χ3n) is 6.69. The van der Waals surface area contributed by atoms with E-state index in [1.165, 1.54) is 16.7 Å². The quantitative estimate of drug-likeness (QED) is 0.429. The molecular formula is C29H32N4O2. The molecular weight excluding hydrogens is 436 g/mol. The summed E-state index contributed by atoms with van der Waals surface area (Å²) in [5.41, 5.74) is 11.5. The van der Waals surface area contributed by atoms with Crippen LogP contribution in [0.2, 0.25) is 0 Å². The van der Waals surface area contributed by atoms with Gasteiger partial charge in [-0.3, -0.25) is 5.43 Å². The second kappa shape index (κ2) is 9.56. The van der Waals surface area contributed by atoms with Crippen LogP contribution >= 0.6 is 0 Å². The lowest BCUT2D eigenvalue weighted by Crippen LogP contribution is -2.42.